The summed E-state index contributed by atoms with van der Waals surface area (Å²) in [6.45, 7) is 0. The average molecular weight is 249 g/mol. The zero-order valence-corrected chi connectivity index (χ0v) is 11.3. The maximum absolute atomic E-state index is 11.9. The highest BCUT2D eigenvalue weighted by molar-refractivity contribution is 5.93. The molecule has 1 heterocycles. The molecule has 0 saturated heterocycles. The van der Waals surface area contributed by atoms with Crippen molar-refractivity contribution >= 4 is 5.91 Å². The average Bonchev–Trinajstić information content (AvgIpc) is 2.37. The summed E-state index contributed by atoms with van der Waals surface area (Å²) in [7, 11) is 6.95. The van der Waals surface area contributed by atoms with Gasteiger partial charge in [-0.15, -0.1) is 0 Å². The Hall–Kier alpha value is -1.88. The molecule has 1 amide bonds. The Balaban J connectivity index is 2.76. The fraction of sp³-hybridized carbons (Fsp3) is 0.385. The molecule has 0 radical (unpaired) electrons. The summed E-state index contributed by atoms with van der Waals surface area (Å²) >= 11 is 0. The lowest BCUT2D eigenvalue weighted by molar-refractivity contribution is -0.0757. The van der Waals surface area contributed by atoms with E-state index in [2.05, 4.69) is 4.98 Å². The molecule has 0 atom stereocenters. The molecule has 5 heteroatoms. The van der Waals surface area contributed by atoms with Crippen LogP contribution in [0.4, 0.5) is 0 Å². The van der Waals surface area contributed by atoms with Gasteiger partial charge >= 0.3 is 0 Å². The van der Waals surface area contributed by atoms with Crippen molar-refractivity contribution in [1.29, 1.82) is 0 Å². The molecule has 5 nitrogen and oxygen atoms in total. The van der Waals surface area contributed by atoms with Gasteiger partial charge in [-0.25, -0.2) is 5.06 Å². The fourth-order valence-corrected chi connectivity index (χ4v) is 1.37. The van der Waals surface area contributed by atoms with Gasteiger partial charge < -0.3 is 4.90 Å². The molecule has 0 spiro atoms. The zero-order valence-electron chi connectivity index (χ0n) is 11.3. The Kier molecular flexibility index (Phi) is 5.32. The molecule has 0 bridgehead atoms. The lowest BCUT2D eigenvalue weighted by Gasteiger charge is -2.13. The second-order valence-electron chi connectivity index (χ2n) is 4.07. The first kappa shape index (κ1) is 14.2. The van der Waals surface area contributed by atoms with Gasteiger partial charge in [0.25, 0.3) is 5.91 Å². The van der Waals surface area contributed by atoms with Crippen LogP contribution in [0.2, 0.25) is 0 Å². The minimum atomic E-state index is -0.183. The van der Waals surface area contributed by atoms with Crippen molar-refractivity contribution in [1.82, 2.24) is 14.9 Å². The van der Waals surface area contributed by atoms with Crippen molar-refractivity contribution in [3.63, 3.8) is 0 Å². The lowest BCUT2D eigenvalue weighted by atomic mass is 10.2. The van der Waals surface area contributed by atoms with Crippen molar-refractivity contribution in [3.05, 3.63) is 41.9 Å². The van der Waals surface area contributed by atoms with Gasteiger partial charge in [-0.05, 0) is 18.3 Å². The van der Waals surface area contributed by atoms with Gasteiger partial charge in [0.2, 0.25) is 0 Å². The van der Waals surface area contributed by atoms with Crippen LogP contribution in [0.5, 0.6) is 0 Å². The summed E-state index contributed by atoms with van der Waals surface area (Å²) < 4.78 is 0. The molecule has 1 aromatic heterocycles. The maximum Gasteiger partial charge on any atom is 0.277 e. The van der Waals surface area contributed by atoms with Crippen LogP contribution in [-0.2, 0) is 11.3 Å². The second-order valence-corrected chi connectivity index (χ2v) is 4.07. The number of rotatable bonds is 5. The van der Waals surface area contributed by atoms with Gasteiger partial charge in [0.05, 0.1) is 7.11 Å². The Morgan fingerprint density at radius 3 is 2.78 bits per heavy atom. The molecule has 18 heavy (non-hydrogen) atoms. The van der Waals surface area contributed by atoms with Gasteiger partial charge in [0.1, 0.15) is 0 Å². The fourth-order valence-electron chi connectivity index (χ4n) is 1.37. The van der Waals surface area contributed by atoms with Gasteiger partial charge in [0, 0.05) is 45.0 Å². The van der Waals surface area contributed by atoms with Crippen LogP contribution in [-0.4, -0.2) is 49.1 Å². The van der Waals surface area contributed by atoms with Crippen LogP contribution < -0.4 is 0 Å². The number of amides is 1. The van der Waals surface area contributed by atoms with Gasteiger partial charge in [-0.3, -0.25) is 14.6 Å². The third-order valence-corrected chi connectivity index (χ3v) is 2.35. The molecule has 1 aromatic rings. The van der Waals surface area contributed by atoms with Gasteiger partial charge in [0.15, 0.2) is 0 Å². The van der Waals surface area contributed by atoms with E-state index in [1.165, 1.54) is 12.2 Å². The van der Waals surface area contributed by atoms with Crippen LogP contribution in [0.3, 0.4) is 0 Å². The van der Waals surface area contributed by atoms with E-state index >= 15 is 0 Å². The van der Waals surface area contributed by atoms with Gasteiger partial charge in [-0.2, -0.15) is 0 Å². The van der Waals surface area contributed by atoms with Crippen LogP contribution in [0.1, 0.15) is 16.1 Å². The first-order chi connectivity index (χ1) is 8.54. The van der Waals surface area contributed by atoms with E-state index in [1.54, 1.807) is 25.4 Å². The smallest absolute Gasteiger partial charge is 0.277 e. The Morgan fingerprint density at radius 2 is 2.17 bits per heavy atom. The van der Waals surface area contributed by atoms with E-state index in [4.69, 9.17) is 4.84 Å². The molecular formula is C13H19N3O2. The first-order valence-corrected chi connectivity index (χ1v) is 5.64. The number of nitrogens with zero attached hydrogens (tertiary/aromatic N) is 3. The molecule has 0 aliphatic carbocycles. The minimum Gasteiger partial charge on any atom is -0.384 e. The van der Waals surface area contributed by atoms with Crippen molar-refractivity contribution < 1.29 is 9.63 Å². The number of aromatic nitrogens is 1. The number of carbonyl (C=O) groups excluding carboxylic acids is 1. The summed E-state index contributed by atoms with van der Waals surface area (Å²) in [6, 6.07) is 3.45. The molecule has 98 valence electrons. The minimum absolute atomic E-state index is 0.183. The normalized spacial score (nSPS) is 10.7. The number of hydrogen-bond acceptors (Lipinski definition) is 4. The zero-order chi connectivity index (χ0) is 13.5. The maximum atomic E-state index is 11.9. The number of pyridine rings is 1. The predicted molar refractivity (Wildman–Crippen MR) is 69.9 cm³/mol. The van der Waals surface area contributed by atoms with E-state index < -0.39 is 0 Å². The Bertz CT molecular complexity index is 430. The summed E-state index contributed by atoms with van der Waals surface area (Å²) in [6.07, 6.45) is 6.28. The SMILES string of the molecule is CON(C)C(=O)c1ccnc(C/C=C/N(C)C)c1. The third kappa shape index (κ3) is 4.18. The number of allylic oxidation sites excluding steroid dienone is 1. The highest BCUT2D eigenvalue weighted by Gasteiger charge is 2.11. The summed E-state index contributed by atoms with van der Waals surface area (Å²) in [5, 5.41) is 1.19. The first-order valence-electron chi connectivity index (χ1n) is 5.64. The number of carbonyl (C=O) groups is 1. The molecule has 0 aliphatic heterocycles. The molecule has 0 fully saturated rings. The summed E-state index contributed by atoms with van der Waals surface area (Å²) in [5.74, 6) is -0.183. The summed E-state index contributed by atoms with van der Waals surface area (Å²) in [4.78, 5) is 22.9. The van der Waals surface area contributed by atoms with Crippen molar-refractivity contribution in [2.45, 2.75) is 6.42 Å². The molecule has 0 aliphatic rings. The monoisotopic (exact) mass is 249 g/mol. The van der Waals surface area contributed by atoms with Crippen LogP contribution in [0, 0.1) is 0 Å². The second kappa shape index (κ2) is 6.76. The van der Waals surface area contributed by atoms with Crippen molar-refractivity contribution in [2.75, 3.05) is 28.3 Å². The molecule has 0 aromatic carbocycles. The summed E-state index contributed by atoms with van der Waals surface area (Å²) in [5.41, 5.74) is 1.42. The number of hydroxylamine groups is 2. The molecule has 1 rings (SSSR count). The topological polar surface area (TPSA) is 45.7 Å². The molecule has 0 N–H and O–H groups in total. The van der Waals surface area contributed by atoms with E-state index in [9.17, 15) is 4.79 Å². The Labute approximate surface area is 108 Å². The van der Waals surface area contributed by atoms with Crippen molar-refractivity contribution in [2.24, 2.45) is 0 Å². The predicted octanol–water partition coefficient (Wildman–Crippen LogP) is 1.33. The number of hydrogen-bond donors (Lipinski definition) is 0. The van der Waals surface area contributed by atoms with E-state index in [0.29, 0.717) is 12.0 Å². The van der Waals surface area contributed by atoms with E-state index in [-0.39, 0.29) is 5.91 Å². The van der Waals surface area contributed by atoms with Gasteiger partial charge in [-0.1, -0.05) is 6.08 Å². The van der Waals surface area contributed by atoms with Crippen LogP contribution >= 0.6 is 0 Å². The molecular weight excluding hydrogens is 230 g/mol. The van der Waals surface area contributed by atoms with E-state index in [1.807, 2.05) is 31.3 Å². The van der Waals surface area contributed by atoms with Crippen LogP contribution in [0.25, 0.3) is 0 Å². The van der Waals surface area contributed by atoms with E-state index in [0.717, 1.165) is 5.69 Å². The Morgan fingerprint density at radius 1 is 1.44 bits per heavy atom. The highest BCUT2D eigenvalue weighted by atomic mass is 16.7. The molecule has 0 unspecified atom stereocenters. The van der Waals surface area contributed by atoms with Crippen molar-refractivity contribution in [3.8, 4) is 0 Å². The standard InChI is InChI=1S/C13H19N3O2/c1-15(2)9-5-6-12-10-11(7-8-14-12)13(17)16(3)18-4/h5,7-10H,6H2,1-4H3/b9-5+. The lowest BCUT2D eigenvalue weighted by Crippen LogP contribution is -2.25. The third-order valence-electron chi connectivity index (χ3n) is 2.35. The van der Waals surface area contributed by atoms with Crippen LogP contribution in [0.15, 0.2) is 30.6 Å². The largest absolute Gasteiger partial charge is 0.384 e. The quantitative estimate of drug-likeness (QED) is 0.739. The highest BCUT2D eigenvalue weighted by Crippen LogP contribution is 2.06. The molecule has 0 saturated carbocycles.